The second-order valence-electron chi connectivity index (χ2n) is 5.73. The van der Waals surface area contributed by atoms with Crippen molar-refractivity contribution in [2.75, 3.05) is 0 Å². The molecular formula is C13H26. The molecule has 1 aliphatic rings. The first-order chi connectivity index (χ1) is 6.02. The second-order valence-corrected chi connectivity index (χ2v) is 5.73. The van der Waals surface area contributed by atoms with E-state index in [0.717, 1.165) is 29.6 Å². The van der Waals surface area contributed by atoms with Gasteiger partial charge in [-0.05, 0) is 42.4 Å². The van der Waals surface area contributed by atoms with Crippen molar-refractivity contribution in [1.82, 2.24) is 0 Å². The summed E-state index contributed by atoms with van der Waals surface area (Å²) < 4.78 is 0. The van der Waals surface area contributed by atoms with Crippen LogP contribution >= 0.6 is 0 Å². The molecule has 0 aromatic heterocycles. The van der Waals surface area contributed by atoms with Gasteiger partial charge in [0.15, 0.2) is 0 Å². The van der Waals surface area contributed by atoms with Gasteiger partial charge in [-0.15, -0.1) is 0 Å². The lowest BCUT2D eigenvalue weighted by Crippen LogP contribution is -2.30. The predicted molar refractivity (Wildman–Crippen MR) is 59.7 cm³/mol. The van der Waals surface area contributed by atoms with Crippen LogP contribution in [-0.2, 0) is 0 Å². The van der Waals surface area contributed by atoms with E-state index in [4.69, 9.17) is 0 Å². The zero-order chi connectivity index (χ0) is 10.0. The van der Waals surface area contributed by atoms with Gasteiger partial charge < -0.3 is 0 Å². The fourth-order valence-electron chi connectivity index (χ4n) is 3.04. The van der Waals surface area contributed by atoms with Crippen LogP contribution in [0, 0.1) is 29.6 Å². The Hall–Kier alpha value is 0. The molecule has 1 saturated carbocycles. The van der Waals surface area contributed by atoms with E-state index in [1.165, 1.54) is 19.3 Å². The van der Waals surface area contributed by atoms with Crippen molar-refractivity contribution in [1.29, 1.82) is 0 Å². The van der Waals surface area contributed by atoms with E-state index < -0.39 is 0 Å². The molecule has 0 saturated heterocycles. The molecule has 1 aliphatic carbocycles. The van der Waals surface area contributed by atoms with Crippen LogP contribution in [0.15, 0.2) is 0 Å². The third-order valence-corrected chi connectivity index (χ3v) is 3.93. The molecule has 13 heavy (non-hydrogen) atoms. The maximum Gasteiger partial charge on any atom is -0.0358 e. The van der Waals surface area contributed by atoms with Crippen LogP contribution in [-0.4, -0.2) is 0 Å². The van der Waals surface area contributed by atoms with E-state index in [2.05, 4.69) is 34.6 Å². The third-order valence-electron chi connectivity index (χ3n) is 3.93. The molecule has 0 heteroatoms. The average Bonchev–Trinajstić information content (AvgIpc) is 2.03. The van der Waals surface area contributed by atoms with Crippen LogP contribution in [0.5, 0.6) is 0 Å². The minimum Gasteiger partial charge on any atom is -0.0625 e. The lowest BCUT2D eigenvalue weighted by molar-refractivity contribution is 0.106. The Labute approximate surface area is 84.1 Å². The minimum absolute atomic E-state index is 0.884. The van der Waals surface area contributed by atoms with E-state index in [1.54, 1.807) is 0 Å². The van der Waals surface area contributed by atoms with E-state index in [0.29, 0.717) is 0 Å². The molecule has 1 rings (SSSR count). The Morgan fingerprint density at radius 3 is 1.85 bits per heavy atom. The van der Waals surface area contributed by atoms with E-state index in [1.807, 2.05) is 0 Å². The number of rotatable bonds is 2. The maximum atomic E-state index is 2.42. The Morgan fingerprint density at radius 1 is 0.846 bits per heavy atom. The molecule has 0 spiro atoms. The average molecular weight is 182 g/mol. The minimum atomic E-state index is 0.884. The van der Waals surface area contributed by atoms with Gasteiger partial charge in [-0.3, -0.25) is 0 Å². The van der Waals surface area contributed by atoms with Crippen molar-refractivity contribution in [3.8, 4) is 0 Å². The first-order valence-electron chi connectivity index (χ1n) is 6.02. The van der Waals surface area contributed by atoms with Crippen LogP contribution in [0.2, 0.25) is 0 Å². The highest BCUT2D eigenvalue weighted by Crippen LogP contribution is 2.41. The Bertz CT molecular complexity index is 146. The summed E-state index contributed by atoms with van der Waals surface area (Å²) in [6, 6.07) is 0. The zero-order valence-corrected chi connectivity index (χ0v) is 10.0. The summed E-state index contributed by atoms with van der Waals surface area (Å²) in [4.78, 5) is 0. The quantitative estimate of drug-likeness (QED) is 0.595. The molecule has 1 fully saturated rings. The van der Waals surface area contributed by atoms with Gasteiger partial charge in [-0.25, -0.2) is 0 Å². The van der Waals surface area contributed by atoms with Gasteiger partial charge in [0.1, 0.15) is 0 Å². The standard InChI is InChI=1S/C13H26/c1-9(2)12-7-6-11(5)8-13(12)10(3)4/h9-13H,6-8H2,1-5H3/t11?,12-,13?/m0/s1. The second kappa shape index (κ2) is 4.48. The van der Waals surface area contributed by atoms with E-state index >= 15 is 0 Å². The van der Waals surface area contributed by atoms with Gasteiger partial charge in [-0.1, -0.05) is 41.0 Å². The largest absolute Gasteiger partial charge is 0.0625 e. The normalized spacial score (nSPS) is 35.8. The molecule has 0 nitrogen and oxygen atoms in total. The van der Waals surface area contributed by atoms with Gasteiger partial charge in [0, 0.05) is 0 Å². The molecule has 78 valence electrons. The SMILES string of the molecule is CC1CC[C@@H](C(C)C)C(C(C)C)C1. The lowest BCUT2D eigenvalue weighted by Gasteiger charge is -2.39. The van der Waals surface area contributed by atoms with Crippen LogP contribution < -0.4 is 0 Å². The molecule has 0 aliphatic heterocycles. The number of hydrogen-bond acceptors (Lipinski definition) is 0. The molecule has 2 unspecified atom stereocenters. The number of hydrogen-bond donors (Lipinski definition) is 0. The molecule has 3 atom stereocenters. The highest BCUT2D eigenvalue weighted by atomic mass is 14.4. The third kappa shape index (κ3) is 2.72. The van der Waals surface area contributed by atoms with Crippen molar-refractivity contribution in [2.45, 2.75) is 53.9 Å². The summed E-state index contributed by atoms with van der Waals surface area (Å²) in [5, 5.41) is 0. The summed E-state index contributed by atoms with van der Waals surface area (Å²) in [6.45, 7) is 12.0. The van der Waals surface area contributed by atoms with Gasteiger partial charge in [0.2, 0.25) is 0 Å². The van der Waals surface area contributed by atoms with Gasteiger partial charge >= 0.3 is 0 Å². The lowest BCUT2D eigenvalue weighted by atomic mass is 9.66. The topological polar surface area (TPSA) is 0 Å². The molecule has 0 bridgehead atoms. The Balaban J connectivity index is 2.60. The van der Waals surface area contributed by atoms with Gasteiger partial charge in [-0.2, -0.15) is 0 Å². The van der Waals surface area contributed by atoms with Crippen LogP contribution in [0.4, 0.5) is 0 Å². The van der Waals surface area contributed by atoms with Crippen molar-refractivity contribution in [2.24, 2.45) is 29.6 Å². The molecule has 0 radical (unpaired) electrons. The summed E-state index contributed by atoms with van der Waals surface area (Å²) in [7, 11) is 0. The van der Waals surface area contributed by atoms with Crippen LogP contribution in [0.1, 0.15) is 53.9 Å². The fraction of sp³-hybridized carbons (Fsp3) is 1.00. The summed E-state index contributed by atoms with van der Waals surface area (Å²) in [6.07, 6.45) is 4.41. The first-order valence-corrected chi connectivity index (χ1v) is 6.02. The van der Waals surface area contributed by atoms with Crippen molar-refractivity contribution < 1.29 is 0 Å². The summed E-state index contributed by atoms with van der Waals surface area (Å²) in [5.41, 5.74) is 0. The molecule has 0 amide bonds. The van der Waals surface area contributed by atoms with Crippen molar-refractivity contribution >= 4 is 0 Å². The highest BCUT2D eigenvalue weighted by Gasteiger charge is 2.32. The van der Waals surface area contributed by atoms with Gasteiger partial charge in [0.05, 0.1) is 0 Å². The maximum absolute atomic E-state index is 2.42. The van der Waals surface area contributed by atoms with E-state index in [9.17, 15) is 0 Å². The smallest absolute Gasteiger partial charge is 0.0358 e. The Kier molecular flexibility index (Phi) is 3.82. The van der Waals surface area contributed by atoms with Gasteiger partial charge in [0.25, 0.3) is 0 Å². The molecule has 0 N–H and O–H groups in total. The predicted octanol–water partition coefficient (Wildman–Crippen LogP) is 4.35. The monoisotopic (exact) mass is 182 g/mol. The molecular weight excluding hydrogens is 156 g/mol. The van der Waals surface area contributed by atoms with E-state index in [-0.39, 0.29) is 0 Å². The molecule has 0 aromatic rings. The summed E-state index contributed by atoms with van der Waals surface area (Å²) >= 11 is 0. The fourth-order valence-corrected chi connectivity index (χ4v) is 3.04. The van der Waals surface area contributed by atoms with Crippen LogP contribution in [0.25, 0.3) is 0 Å². The van der Waals surface area contributed by atoms with Crippen molar-refractivity contribution in [3.05, 3.63) is 0 Å². The first kappa shape index (κ1) is 11.1. The Morgan fingerprint density at radius 2 is 1.38 bits per heavy atom. The molecule has 0 heterocycles. The summed E-state index contributed by atoms with van der Waals surface area (Å²) in [5.74, 6) is 4.73. The van der Waals surface area contributed by atoms with Crippen molar-refractivity contribution in [3.63, 3.8) is 0 Å². The molecule has 0 aromatic carbocycles. The highest BCUT2D eigenvalue weighted by molar-refractivity contribution is 4.82. The zero-order valence-electron chi connectivity index (χ0n) is 10.0. The van der Waals surface area contributed by atoms with Crippen LogP contribution in [0.3, 0.4) is 0 Å².